The average Bonchev–Trinajstić information content (AvgIpc) is 3.28. The van der Waals surface area contributed by atoms with E-state index in [0.29, 0.717) is 36.1 Å². The standard InChI is InChI=1S/C24H29N7O4S/c1-24(2,3)35-23(34)29-11-9-16(10-12-29)31-21(32)20-17(30(22(31)33)14-19(25)27-28-26)13-18(36-20)15-7-5-4-6-8-15/h4-8,13,16H,9-12,14H2,1-3H3,(H3,25,26,27). The summed E-state index contributed by atoms with van der Waals surface area (Å²) in [6.45, 7) is 5.96. The lowest BCUT2D eigenvalue weighted by molar-refractivity contribution is 0.0186. The number of hydrogen-bond donors (Lipinski definition) is 2. The normalized spacial score (nSPS) is 15.0. The van der Waals surface area contributed by atoms with Crippen LogP contribution < -0.4 is 17.1 Å². The molecule has 3 heterocycles. The summed E-state index contributed by atoms with van der Waals surface area (Å²) in [6.07, 6.45) is 0.445. The van der Waals surface area contributed by atoms with Gasteiger partial charge in [0.2, 0.25) is 0 Å². The van der Waals surface area contributed by atoms with E-state index < -0.39 is 23.4 Å². The van der Waals surface area contributed by atoms with Crippen LogP contribution >= 0.6 is 11.3 Å². The third kappa shape index (κ3) is 5.23. The van der Waals surface area contributed by atoms with Crippen molar-refractivity contribution in [2.45, 2.75) is 51.8 Å². The number of fused-ring (bicyclic) bond motifs is 1. The van der Waals surface area contributed by atoms with Gasteiger partial charge in [-0.3, -0.25) is 19.3 Å². The Balaban J connectivity index is 1.74. The van der Waals surface area contributed by atoms with Gasteiger partial charge in [0.15, 0.2) is 5.84 Å². The van der Waals surface area contributed by atoms with Gasteiger partial charge >= 0.3 is 11.8 Å². The third-order valence-electron chi connectivity index (χ3n) is 5.88. The van der Waals surface area contributed by atoms with Crippen molar-refractivity contribution in [2.24, 2.45) is 16.2 Å². The number of amides is 1. The summed E-state index contributed by atoms with van der Waals surface area (Å²) in [5, 5.41) is 14.7. The molecule has 1 aliphatic rings. The Bertz CT molecular complexity index is 1420. The Labute approximate surface area is 211 Å². The summed E-state index contributed by atoms with van der Waals surface area (Å²) in [4.78, 5) is 42.1. The quantitative estimate of drug-likeness (QED) is 0.180. The van der Waals surface area contributed by atoms with Crippen LogP contribution in [0.2, 0.25) is 0 Å². The molecule has 11 nitrogen and oxygen atoms in total. The summed E-state index contributed by atoms with van der Waals surface area (Å²) in [5.41, 5.74) is -0.150. The molecule has 0 saturated carbocycles. The number of rotatable bonds is 4. The van der Waals surface area contributed by atoms with Crippen LogP contribution in [0.25, 0.3) is 20.7 Å². The van der Waals surface area contributed by atoms with Gasteiger partial charge in [0.25, 0.3) is 5.56 Å². The van der Waals surface area contributed by atoms with Crippen LogP contribution in [0.15, 0.2) is 56.3 Å². The summed E-state index contributed by atoms with van der Waals surface area (Å²) < 4.78 is 8.50. The first kappa shape index (κ1) is 25.3. The molecule has 36 heavy (non-hydrogen) atoms. The van der Waals surface area contributed by atoms with Gasteiger partial charge < -0.3 is 15.5 Å². The maximum Gasteiger partial charge on any atom is 0.410 e. The molecule has 1 fully saturated rings. The second-order valence-electron chi connectivity index (χ2n) is 9.60. The molecular formula is C24H29N7O4S. The maximum atomic E-state index is 13.6. The lowest BCUT2D eigenvalue weighted by atomic mass is 10.1. The van der Waals surface area contributed by atoms with Crippen LogP contribution in [0.4, 0.5) is 4.79 Å². The summed E-state index contributed by atoms with van der Waals surface area (Å²) in [7, 11) is 0. The molecule has 1 aliphatic heterocycles. The van der Waals surface area contributed by atoms with E-state index in [1.54, 1.807) is 31.7 Å². The van der Waals surface area contributed by atoms with E-state index in [1.807, 2.05) is 30.3 Å². The van der Waals surface area contributed by atoms with Gasteiger partial charge in [-0.2, -0.15) is 0 Å². The van der Waals surface area contributed by atoms with Crippen LogP contribution in [0, 0.1) is 5.41 Å². The number of aromatic nitrogens is 2. The number of nitrogens with zero attached hydrogens (tertiary/aromatic N) is 5. The molecule has 0 atom stereocenters. The number of nitrogens with two attached hydrogens (primary N) is 1. The number of nitrogens with one attached hydrogen (secondary N) is 1. The number of carbonyl (C=O) groups is 1. The highest BCUT2D eigenvalue weighted by Gasteiger charge is 2.30. The van der Waals surface area contributed by atoms with Crippen LogP contribution in [-0.4, -0.2) is 44.7 Å². The Morgan fingerprint density at radius 3 is 2.47 bits per heavy atom. The lowest BCUT2D eigenvalue weighted by Crippen LogP contribution is -2.47. The van der Waals surface area contributed by atoms with Crippen LogP contribution in [0.5, 0.6) is 0 Å². The van der Waals surface area contributed by atoms with Crippen molar-refractivity contribution in [1.29, 1.82) is 5.41 Å². The molecule has 3 N–H and O–H groups in total. The molecule has 1 saturated heterocycles. The number of amidine groups is 1. The minimum Gasteiger partial charge on any atom is -0.444 e. The number of piperidine rings is 1. The number of ether oxygens (including phenoxy) is 1. The predicted octanol–water partition coefficient (Wildman–Crippen LogP) is 3.77. The molecule has 0 spiro atoms. The Morgan fingerprint density at radius 1 is 1.19 bits per heavy atom. The smallest absolute Gasteiger partial charge is 0.410 e. The van der Waals surface area contributed by atoms with Crippen molar-refractivity contribution in [3.63, 3.8) is 0 Å². The molecule has 190 valence electrons. The fourth-order valence-electron chi connectivity index (χ4n) is 4.27. The van der Waals surface area contributed by atoms with Crippen molar-refractivity contribution >= 4 is 33.5 Å². The fourth-order valence-corrected chi connectivity index (χ4v) is 5.37. The Morgan fingerprint density at radius 2 is 1.86 bits per heavy atom. The van der Waals surface area contributed by atoms with Gasteiger partial charge in [-0.15, -0.1) is 16.5 Å². The van der Waals surface area contributed by atoms with Gasteiger partial charge in [-0.05, 0) is 45.2 Å². The van der Waals surface area contributed by atoms with Crippen molar-refractivity contribution in [2.75, 3.05) is 13.1 Å². The Hall–Kier alpha value is -3.80. The SMILES string of the molecule is CC(C)(C)OC(=O)N1CCC(n2c(=O)c3sc(-c4ccccc4)cc3n(CC(=N)N=NN)c2=O)CC1. The molecule has 3 aromatic rings. The molecule has 0 aliphatic carbocycles. The third-order valence-corrected chi connectivity index (χ3v) is 7.04. The summed E-state index contributed by atoms with van der Waals surface area (Å²) in [6, 6.07) is 11.0. The van der Waals surface area contributed by atoms with Crippen molar-refractivity contribution in [3.05, 3.63) is 57.2 Å². The van der Waals surface area contributed by atoms with Gasteiger partial charge in [0, 0.05) is 24.0 Å². The number of likely N-dealkylation sites (tertiary alicyclic amines) is 1. The van der Waals surface area contributed by atoms with Gasteiger partial charge in [0.05, 0.1) is 12.1 Å². The fraction of sp³-hybridized carbons (Fsp3) is 0.417. The largest absolute Gasteiger partial charge is 0.444 e. The highest BCUT2D eigenvalue weighted by Crippen LogP contribution is 2.32. The molecule has 0 radical (unpaired) electrons. The van der Waals surface area contributed by atoms with Crippen molar-refractivity contribution < 1.29 is 9.53 Å². The first-order valence-corrected chi connectivity index (χ1v) is 12.4. The highest BCUT2D eigenvalue weighted by atomic mass is 32.1. The van der Waals surface area contributed by atoms with E-state index in [2.05, 4.69) is 10.3 Å². The Kier molecular flexibility index (Phi) is 7.07. The molecule has 2 aromatic heterocycles. The average molecular weight is 512 g/mol. The van der Waals surface area contributed by atoms with E-state index in [1.165, 1.54) is 20.5 Å². The number of thiophene rings is 1. The molecule has 0 unspecified atom stereocenters. The van der Waals surface area contributed by atoms with Crippen LogP contribution in [0.3, 0.4) is 0 Å². The van der Waals surface area contributed by atoms with E-state index in [9.17, 15) is 14.4 Å². The predicted molar refractivity (Wildman–Crippen MR) is 139 cm³/mol. The zero-order chi connectivity index (χ0) is 26.0. The van der Waals surface area contributed by atoms with Gasteiger partial charge in [-0.25, -0.2) is 9.59 Å². The minimum atomic E-state index is -0.607. The van der Waals surface area contributed by atoms with Crippen molar-refractivity contribution in [3.8, 4) is 10.4 Å². The van der Waals surface area contributed by atoms with E-state index in [4.69, 9.17) is 16.0 Å². The number of hydrogen-bond acceptors (Lipinski definition) is 7. The first-order valence-electron chi connectivity index (χ1n) is 11.6. The molecular weight excluding hydrogens is 482 g/mol. The summed E-state index contributed by atoms with van der Waals surface area (Å²) in [5.74, 6) is 4.89. The number of carbonyl (C=O) groups excluding carboxylic acids is 1. The molecule has 1 aromatic carbocycles. The van der Waals surface area contributed by atoms with E-state index >= 15 is 0 Å². The van der Waals surface area contributed by atoms with Gasteiger partial charge in [0.1, 0.15) is 10.3 Å². The second kappa shape index (κ2) is 10.1. The van der Waals surface area contributed by atoms with Crippen molar-refractivity contribution in [1.82, 2.24) is 14.0 Å². The lowest BCUT2D eigenvalue weighted by Gasteiger charge is -2.34. The second-order valence-corrected chi connectivity index (χ2v) is 10.6. The summed E-state index contributed by atoms with van der Waals surface area (Å²) >= 11 is 1.30. The zero-order valence-electron chi connectivity index (χ0n) is 20.4. The van der Waals surface area contributed by atoms with Crippen LogP contribution in [-0.2, 0) is 11.3 Å². The van der Waals surface area contributed by atoms with Crippen LogP contribution in [0.1, 0.15) is 39.7 Å². The molecule has 1 amide bonds. The van der Waals surface area contributed by atoms with E-state index in [0.717, 1.165) is 10.4 Å². The highest BCUT2D eigenvalue weighted by molar-refractivity contribution is 7.22. The molecule has 12 heteroatoms. The molecule has 0 bridgehead atoms. The van der Waals surface area contributed by atoms with E-state index in [-0.39, 0.29) is 17.9 Å². The number of benzene rings is 1. The molecule has 4 rings (SSSR count). The monoisotopic (exact) mass is 511 g/mol. The maximum absolute atomic E-state index is 13.6. The minimum absolute atomic E-state index is 0.183. The van der Waals surface area contributed by atoms with Gasteiger partial charge in [-0.1, -0.05) is 35.6 Å². The zero-order valence-corrected chi connectivity index (χ0v) is 21.2. The first-order chi connectivity index (χ1) is 17.1. The topological polar surface area (TPSA) is 148 Å².